The number of rotatable bonds is 3. The Bertz CT molecular complexity index is 358. The van der Waals surface area contributed by atoms with Crippen molar-refractivity contribution in [2.24, 2.45) is 5.92 Å². The smallest absolute Gasteiger partial charge is 0.329 e. The molecule has 1 aliphatic carbocycles. The number of nitrogens with one attached hydrogen (secondary N) is 2. The van der Waals surface area contributed by atoms with Crippen molar-refractivity contribution in [1.82, 2.24) is 10.6 Å². The molecule has 1 aliphatic heterocycles. The van der Waals surface area contributed by atoms with Gasteiger partial charge in [0.05, 0.1) is 0 Å². The van der Waals surface area contributed by atoms with E-state index in [9.17, 15) is 14.7 Å². The number of carboxylic acids is 1. The Hall–Kier alpha value is -1.30. The van der Waals surface area contributed by atoms with Gasteiger partial charge in [-0.15, -0.1) is 0 Å². The van der Waals surface area contributed by atoms with Gasteiger partial charge in [0.25, 0.3) is 0 Å². The summed E-state index contributed by atoms with van der Waals surface area (Å²) in [6.07, 6.45) is 4.25. The zero-order valence-electron chi connectivity index (χ0n) is 12.0. The molecule has 2 aliphatic rings. The van der Waals surface area contributed by atoms with Crippen molar-refractivity contribution in [2.45, 2.75) is 57.0 Å². The SMILES string of the molecule is CC1CCC(NC(=O)NC2CCOCC2)(C(=O)O)CC1. The number of hydrogen-bond donors (Lipinski definition) is 3. The molecule has 0 aromatic carbocycles. The second-order valence-corrected chi connectivity index (χ2v) is 6.05. The second-order valence-electron chi connectivity index (χ2n) is 6.05. The van der Waals surface area contributed by atoms with Gasteiger partial charge in [0.1, 0.15) is 5.54 Å². The average molecular weight is 284 g/mol. The third-order valence-corrected chi connectivity index (χ3v) is 4.45. The molecule has 6 nitrogen and oxygen atoms in total. The van der Waals surface area contributed by atoms with Crippen LogP contribution in [0.3, 0.4) is 0 Å². The summed E-state index contributed by atoms with van der Waals surface area (Å²) in [6, 6.07) is -0.286. The van der Waals surface area contributed by atoms with Crippen LogP contribution in [0.4, 0.5) is 4.79 Å². The van der Waals surface area contributed by atoms with Gasteiger partial charge in [0.2, 0.25) is 0 Å². The summed E-state index contributed by atoms with van der Waals surface area (Å²) in [5.41, 5.74) is -1.10. The van der Waals surface area contributed by atoms with Gasteiger partial charge < -0.3 is 20.5 Å². The van der Waals surface area contributed by atoms with Gasteiger partial charge >= 0.3 is 12.0 Å². The van der Waals surface area contributed by atoms with Crippen molar-refractivity contribution in [3.05, 3.63) is 0 Å². The van der Waals surface area contributed by atoms with E-state index in [0.29, 0.717) is 32.0 Å². The number of carbonyl (C=O) groups is 2. The number of carboxylic acid groups (broad SMARTS) is 1. The van der Waals surface area contributed by atoms with Crippen molar-refractivity contribution >= 4 is 12.0 Å². The van der Waals surface area contributed by atoms with E-state index in [0.717, 1.165) is 25.7 Å². The molecule has 20 heavy (non-hydrogen) atoms. The number of hydrogen-bond acceptors (Lipinski definition) is 3. The van der Waals surface area contributed by atoms with Crippen LogP contribution in [0.15, 0.2) is 0 Å². The van der Waals surface area contributed by atoms with Crippen LogP contribution in [0.2, 0.25) is 0 Å². The van der Waals surface area contributed by atoms with Crippen LogP contribution in [0.5, 0.6) is 0 Å². The fraction of sp³-hybridized carbons (Fsp3) is 0.857. The molecule has 0 spiro atoms. The monoisotopic (exact) mass is 284 g/mol. The summed E-state index contributed by atoms with van der Waals surface area (Å²) >= 11 is 0. The summed E-state index contributed by atoms with van der Waals surface area (Å²) in [4.78, 5) is 23.6. The Morgan fingerprint density at radius 2 is 1.75 bits per heavy atom. The van der Waals surface area contributed by atoms with Crippen molar-refractivity contribution < 1.29 is 19.4 Å². The van der Waals surface area contributed by atoms with Gasteiger partial charge in [0, 0.05) is 19.3 Å². The van der Waals surface area contributed by atoms with E-state index in [1.165, 1.54) is 0 Å². The molecule has 2 amide bonds. The molecule has 0 bridgehead atoms. The van der Waals surface area contributed by atoms with E-state index in [4.69, 9.17) is 4.74 Å². The van der Waals surface area contributed by atoms with E-state index < -0.39 is 11.5 Å². The number of aliphatic carboxylic acids is 1. The molecule has 1 heterocycles. The molecule has 3 N–H and O–H groups in total. The molecule has 0 unspecified atom stereocenters. The van der Waals surface area contributed by atoms with E-state index in [2.05, 4.69) is 17.6 Å². The zero-order valence-corrected chi connectivity index (χ0v) is 12.0. The molecule has 0 atom stereocenters. The Morgan fingerprint density at radius 3 is 2.30 bits per heavy atom. The Morgan fingerprint density at radius 1 is 1.15 bits per heavy atom. The van der Waals surface area contributed by atoms with Gasteiger partial charge in [-0.1, -0.05) is 6.92 Å². The van der Waals surface area contributed by atoms with Crippen LogP contribution in [0.25, 0.3) is 0 Å². The molecule has 2 fully saturated rings. The molecule has 6 heteroatoms. The highest BCUT2D eigenvalue weighted by molar-refractivity contribution is 5.86. The Balaban J connectivity index is 1.90. The lowest BCUT2D eigenvalue weighted by atomic mass is 9.77. The molecule has 114 valence electrons. The van der Waals surface area contributed by atoms with E-state index in [1.807, 2.05) is 0 Å². The third kappa shape index (κ3) is 3.62. The predicted octanol–water partition coefficient (Wildman–Crippen LogP) is 1.50. The second kappa shape index (κ2) is 6.43. The van der Waals surface area contributed by atoms with Gasteiger partial charge in [0.15, 0.2) is 0 Å². The molecular formula is C14H24N2O4. The molecule has 2 rings (SSSR count). The van der Waals surface area contributed by atoms with Crippen LogP contribution >= 0.6 is 0 Å². The molecule has 0 radical (unpaired) electrons. The molecule has 1 saturated heterocycles. The molecule has 0 aromatic heterocycles. The summed E-state index contributed by atoms with van der Waals surface area (Å²) < 4.78 is 5.24. The number of amides is 2. The number of ether oxygens (including phenoxy) is 1. The predicted molar refractivity (Wildman–Crippen MR) is 73.5 cm³/mol. The largest absolute Gasteiger partial charge is 0.480 e. The van der Waals surface area contributed by atoms with Crippen LogP contribution in [0.1, 0.15) is 45.4 Å². The maximum atomic E-state index is 12.0. The van der Waals surface area contributed by atoms with Crippen LogP contribution in [0, 0.1) is 5.92 Å². The van der Waals surface area contributed by atoms with Crippen LogP contribution in [-0.4, -0.2) is 41.9 Å². The van der Waals surface area contributed by atoms with Crippen LogP contribution < -0.4 is 10.6 Å². The summed E-state index contributed by atoms with van der Waals surface area (Å²) in [5, 5.41) is 15.0. The number of urea groups is 1. The van der Waals surface area contributed by atoms with Crippen molar-refractivity contribution in [2.75, 3.05) is 13.2 Å². The first-order chi connectivity index (χ1) is 9.52. The van der Waals surface area contributed by atoms with Crippen molar-refractivity contribution in [1.29, 1.82) is 0 Å². The van der Waals surface area contributed by atoms with E-state index in [1.54, 1.807) is 0 Å². The van der Waals surface area contributed by atoms with Gasteiger partial charge in [-0.05, 0) is 44.4 Å². The lowest BCUT2D eigenvalue weighted by Crippen LogP contribution is -2.59. The highest BCUT2D eigenvalue weighted by atomic mass is 16.5. The highest BCUT2D eigenvalue weighted by Gasteiger charge is 2.42. The normalized spacial score (nSPS) is 31.6. The minimum atomic E-state index is -1.10. The minimum absolute atomic E-state index is 0.0807. The van der Waals surface area contributed by atoms with E-state index >= 15 is 0 Å². The Kier molecular flexibility index (Phi) is 4.86. The average Bonchev–Trinajstić information content (AvgIpc) is 2.42. The topological polar surface area (TPSA) is 87.7 Å². The van der Waals surface area contributed by atoms with Gasteiger partial charge in [-0.25, -0.2) is 9.59 Å². The maximum absolute atomic E-state index is 12.0. The number of carbonyl (C=O) groups excluding carboxylic acids is 1. The van der Waals surface area contributed by atoms with Crippen molar-refractivity contribution in [3.63, 3.8) is 0 Å². The highest BCUT2D eigenvalue weighted by Crippen LogP contribution is 2.32. The molecule has 0 aromatic rings. The van der Waals surface area contributed by atoms with Crippen LogP contribution in [-0.2, 0) is 9.53 Å². The summed E-state index contributed by atoms with van der Waals surface area (Å²) in [6.45, 7) is 3.41. The van der Waals surface area contributed by atoms with Crippen molar-refractivity contribution in [3.8, 4) is 0 Å². The molecule has 1 saturated carbocycles. The first kappa shape index (κ1) is 15.1. The van der Waals surface area contributed by atoms with Gasteiger partial charge in [-0.2, -0.15) is 0 Å². The third-order valence-electron chi connectivity index (χ3n) is 4.45. The first-order valence-electron chi connectivity index (χ1n) is 7.42. The minimum Gasteiger partial charge on any atom is -0.480 e. The van der Waals surface area contributed by atoms with Gasteiger partial charge in [-0.3, -0.25) is 0 Å². The lowest BCUT2D eigenvalue weighted by Gasteiger charge is -2.37. The maximum Gasteiger partial charge on any atom is 0.329 e. The van der Waals surface area contributed by atoms with E-state index in [-0.39, 0.29) is 12.1 Å². The summed E-state index contributed by atoms with van der Waals surface area (Å²) in [5.74, 6) is -0.394. The fourth-order valence-electron chi connectivity index (χ4n) is 2.93. The first-order valence-corrected chi connectivity index (χ1v) is 7.42. The fourth-order valence-corrected chi connectivity index (χ4v) is 2.93. The quantitative estimate of drug-likeness (QED) is 0.733. The standard InChI is InChI=1S/C14H24N2O4/c1-10-2-6-14(7-3-10,12(17)18)16-13(19)15-11-4-8-20-9-5-11/h10-11H,2-9H2,1H3,(H,17,18)(H2,15,16,19). The zero-order chi connectivity index (χ0) is 14.6. The summed E-state index contributed by atoms with van der Waals surface area (Å²) in [7, 11) is 0. The lowest BCUT2D eigenvalue weighted by molar-refractivity contribution is -0.146. The Labute approximate surface area is 119 Å². The molecular weight excluding hydrogens is 260 g/mol.